The average Bonchev–Trinajstić information content (AvgIpc) is 3.23. The molecule has 5 nitrogen and oxygen atoms in total. The molecular formula is C20H26N4OS. The van der Waals surface area contributed by atoms with Crippen LogP contribution in [-0.2, 0) is 17.8 Å². The zero-order chi connectivity index (χ0) is 18.8. The van der Waals surface area contributed by atoms with Gasteiger partial charge >= 0.3 is 0 Å². The second-order valence-electron chi connectivity index (χ2n) is 7.17. The molecule has 1 aromatic carbocycles. The van der Waals surface area contributed by atoms with Crippen LogP contribution in [0, 0.1) is 13.8 Å². The summed E-state index contributed by atoms with van der Waals surface area (Å²) in [7, 11) is 1.84. The van der Waals surface area contributed by atoms with Crippen molar-refractivity contribution in [2.75, 3.05) is 7.05 Å². The minimum Gasteiger partial charge on any atom is -0.342 e. The van der Waals surface area contributed by atoms with E-state index in [0.717, 1.165) is 27.6 Å². The lowest BCUT2D eigenvalue weighted by molar-refractivity contribution is -0.130. The number of imidazole rings is 1. The minimum atomic E-state index is 0.109. The van der Waals surface area contributed by atoms with E-state index >= 15 is 0 Å². The van der Waals surface area contributed by atoms with Crippen LogP contribution in [0.2, 0.25) is 0 Å². The number of carbonyl (C=O) groups excluding carboxylic acids is 1. The monoisotopic (exact) mass is 370 g/mol. The normalized spacial score (nSPS) is 11.5. The molecule has 0 fully saturated rings. The summed E-state index contributed by atoms with van der Waals surface area (Å²) >= 11 is 1.66. The molecule has 3 aromatic rings. The van der Waals surface area contributed by atoms with Crippen molar-refractivity contribution in [2.24, 2.45) is 0 Å². The van der Waals surface area contributed by atoms with Gasteiger partial charge in [-0.25, -0.2) is 9.97 Å². The van der Waals surface area contributed by atoms with Crippen LogP contribution in [0.25, 0.3) is 11.0 Å². The van der Waals surface area contributed by atoms with E-state index in [1.165, 1.54) is 11.1 Å². The Balaban J connectivity index is 1.60. The first-order chi connectivity index (χ1) is 12.3. The smallest absolute Gasteiger partial charge is 0.223 e. The van der Waals surface area contributed by atoms with E-state index in [9.17, 15) is 4.79 Å². The van der Waals surface area contributed by atoms with Gasteiger partial charge in [-0.2, -0.15) is 0 Å². The summed E-state index contributed by atoms with van der Waals surface area (Å²) in [5, 5.41) is 3.16. The highest BCUT2D eigenvalue weighted by Crippen LogP contribution is 2.21. The summed E-state index contributed by atoms with van der Waals surface area (Å²) in [5.74, 6) is 1.40. The van der Waals surface area contributed by atoms with Crippen molar-refractivity contribution in [2.45, 2.75) is 53.0 Å². The zero-order valence-electron chi connectivity index (χ0n) is 16.1. The highest BCUT2D eigenvalue weighted by Gasteiger charge is 2.14. The Labute approximate surface area is 158 Å². The predicted octanol–water partition coefficient (Wildman–Crippen LogP) is 4.35. The highest BCUT2D eigenvalue weighted by atomic mass is 32.1. The number of aromatic amines is 1. The molecule has 0 atom stereocenters. The molecule has 1 N–H and O–H groups in total. The lowest BCUT2D eigenvalue weighted by Gasteiger charge is -2.15. The Morgan fingerprint density at radius 2 is 2.04 bits per heavy atom. The van der Waals surface area contributed by atoms with Gasteiger partial charge in [0.2, 0.25) is 5.91 Å². The Hall–Kier alpha value is -2.21. The Morgan fingerprint density at radius 3 is 2.73 bits per heavy atom. The number of amides is 1. The van der Waals surface area contributed by atoms with Crippen molar-refractivity contribution in [3.8, 4) is 0 Å². The van der Waals surface area contributed by atoms with Crippen LogP contribution in [0.15, 0.2) is 17.5 Å². The third kappa shape index (κ3) is 3.96. The van der Waals surface area contributed by atoms with Crippen molar-refractivity contribution in [1.82, 2.24) is 19.9 Å². The van der Waals surface area contributed by atoms with Gasteiger partial charge in [-0.05, 0) is 31.0 Å². The van der Waals surface area contributed by atoms with Gasteiger partial charge in [0, 0.05) is 31.2 Å². The van der Waals surface area contributed by atoms with Crippen LogP contribution in [-0.4, -0.2) is 32.8 Å². The summed E-state index contributed by atoms with van der Waals surface area (Å²) in [6, 6.07) is 4.15. The molecule has 0 radical (unpaired) electrons. The van der Waals surface area contributed by atoms with Crippen molar-refractivity contribution in [3.63, 3.8) is 0 Å². The molecule has 2 aromatic heterocycles. The highest BCUT2D eigenvalue weighted by molar-refractivity contribution is 7.09. The number of aromatic nitrogens is 3. The van der Waals surface area contributed by atoms with Crippen LogP contribution in [0.4, 0.5) is 0 Å². The SMILES string of the molecule is Cc1ccc2[nH]c(CCC(=O)N(C)Cc3csc(C(C)C)n3)nc2c1C. The van der Waals surface area contributed by atoms with Gasteiger partial charge in [-0.15, -0.1) is 11.3 Å². The van der Waals surface area contributed by atoms with Crippen LogP contribution >= 0.6 is 11.3 Å². The van der Waals surface area contributed by atoms with Crippen molar-refractivity contribution in [3.05, 3.63) is 45.2 Å². The maximum Gasteiger partial charge on any atom is 0.223 e. The Morgan fingerprint density at radius 1 is 1.27 bits per heavy atom. The summed E-state index contributed by atoms with van der Waals surface area (Å²) in [4.78, 5) is 26.8. The zero-order valence-corrected chi connectivity index (χ0v) is 16.9. The van der Waals surface area contributed by atoms with Gasteiger partial charge in [0.25, 0.3) is 0 Å². The first-order valence-electron chi connectivity index (χ1n) is 8.98. The summed E-state index contributed by atoms with van der Waals surface area (Å²) in [6.45, 7) is 8.99. The fourth-order valence-corrected chi connectivity index (χ4v) is 3.72. The molecule has 0 saturated heterocycles. The number of hydrogen-bond donors (Lipinski definition) is 1. The second-order valence-corrected chi connectivity index (χ2v) is 8.06. The summed E-state index contributed by atoms with van der Waals surface area (Å²) < 4.78 is 0. The molecule has 6 heteroatoms. The van der Waals surface area contributed by atoms with E-state index in [4.69, 9.17) is 0 Å². The van der Waals surface area contributed by atoms with E-state index < -0.39 is 0 Å². The average molecular weight is 371 g/mol. The number of hydrogen-bond acceptors (Lipinski definition) is 4. The maximum atomic E-state index is 12.5. The summed E-state index contributed by atoms with van der Waals surface area (Å²) in [5.41, 5.74) is 5.43. The fraction of sp³-hybridized carbons (Fsp3) is 0.450. The number of benzene rings is 1. The molecule has 0 aliphatic carbocycles. The number of fused-ring (bicyclic) bond motifs is 1. The predicted molar refractivity (Wildman–Crippen MR) is 107 cm³/mol. The minimum absolute atomic E-state index is 0.109. The van der Waals surface area contributed by atoms with Gasteiger partial charge in [-0.3, -0.25) is 4.79 Å². The number of nitrogens with one attached hydrogen (secondary N) is 1. The van der Waals surface area contributed by atoms with Gasteiger partial charge in [0.1, 0.15) is 5.82 Å². The maximum absolute atomic E-state index is 12.5. The molecule has 2 heterocycles. The number of rotatable bonds is 6. The lowest BCUT2D eigenvalue weighted by Crippen LogP contribution is -2.26. The number of nitrogens with zero attached hydrogens (tertiary/aromatic N) is 3. The van der Waals surface area contributed by atoms with Gasteiger partial charge < -0.3 is 9.88 Å². The van der Waals surface area contributed by atoms with Crippen LogP contribution in [0.3, 0.4) is 0 Å². The lowest BCUT2D eigenvalue weighted by atomic mass is 10.1. The standard InChI is InChI=1S/C20H26N4OS/c1-12(2)20-21-15(11-26-20)10-24(5)18(25)9-8-17-22-16-7-6-13(3)14(4)19(16)23-17/h6-7,11-12H,8-10H2,1-5H3,(H,22,23). The third-order valence-corrected chi connectivity index (χ3v) is 5.89. The van der Waals surface area contributed by atoms with E-state index in [0.29, 0.717) is 25.3 Å². The van der Waals surface area contributed by atoms with Gasteiger partial charge in [-0.1, -0.05) is 19.9 Å². The molecular weight excluding hydrogens is 344 g/mol. The van der Waals surface area contributed by atoms with E-state index in [2.05, 4.69) is 54.8 Å². The number of thiazole rings is 1. The number of carbonyl (C=O) groups is 1. The van der Waals surface area contributed by atoms with Crippen LogP contribution in [0.5, 0.6) is 0 Å². The summed E-state index contributed by atoms with van der Waals surface area (Å²) in [6.07, 6.45) is 1.06. The van der Waals surface area contributed by atoms with Crippen molar-refractivity contribution in [1.29, 1.82) is 0 Å². The second kappa shape index (κ2) is 7.58. The molecule has 0 bridgehead atoms. The first kappa shape index (κ1) is 18.6. The molecule has 0 spiro atoms. The van der Waals surface area contributed by atoms with E-state index in [-0.39, 0.29) is 5.91 Å². The topological polar surface area (TPSA) is 61.9 Å². The Bertz CT molecular complexity index is 925. The van der Waals surface area contributed by atoms with E-state index in [1.54, 1.807) is 16.2 Å². The largest absolute Gasteiger partial charge is 0.342 e. The molecule has 26 heavy (non-hydrogen) atoms. The molecule has 1 amide bonds. The molecule has 0 saturated carbocycles. The number of aryl methyl sites for hydroxylation is 3. The fourth-order valence-electron chi connectivity index (χ4n) is 2.89. The van der Waals surface area contributed by atoms with E-state index in [1.807, 2.05) is 12.4 Å². The molecule has 138 valence electrons. The van der Waals surface area contributed by atoms with Crippen LogP contribution in [0.1, 0.15) is 53.8 Å². The number of H-pyrrole nitrogens is 1. The molecule has 0 aliphatic heterocycles. The third-order valence-electron chi connectivity index (χ3n) is 4.69. The van der Waals surface area contributed by atoms with Gasteiger partial charge in [0.05, 0.1) is 28.3 Å². The Kier molecular flexibility index (Phi) is 5.41. The molecule has 0 unspecified atom stereocenters. The van der Waals surface area contributed by atoms with Crippen LogP contribution < -0.4 is 0 Å². The molecule has 0 aliphatic rings. The quantitative estimate of drug-likeness (QED) is 0.702. The molecule has 3 rings (SSSR count). The first-order valence-corrected chi connectivity index (χ1v) is 9.86. The van der Waals surface area contributed by atoms with Crippen molar-refractivity contribution < 1.29 is 4.79 Å². The van der Waals surface area contributed by atoms with Crippen molar-refractivity contribution >= 4 is 28.3 Å². The van der Waals surface area contributed by atoms with Gasteiger partial charge in [0.15, 0.2) is 0 Å².